The number of ether oxygens (including phenoxy) is 1. The van der Waals surface area contributed by atoms with Crippen molar-refractivity contribution in [1.29, 1.82) is 0 Å². The molecule has 0 spiro atoms. The molecular weight excluding hydrogens is 467 g/mol. The summed E-state index contributed by atoms with van der Waals surface area (Å²) in [6.07, 6.45) is 6.26. The SMILES string of the molecule is CN=C(NCCN1CCCCC1)NCc1ccc(N2CCOC(C)C2)nc1.I. The van der Waals surface area contributed by atoms with Gasteiger partial charge in [-0.1, -0.05) is 12.5 Å². The van der Waals surface area contributed by atoms with Gasteiger partial charge in [0.15, 0.2) is 5.96 Å². The van der Waals surface area contributed by atoms with Gasteiger partial charge in [-0.25, -0.2) is 4.98 Å². The summed E-state index contributed by atoms with van der Waals surface area (Å²) in [5.41, 5.74) is 1.15. The van der Waals surface area contributed by atoms with E-state index in [4.69, 9.17) is 4.74 Å². The number of hydrogen-bond acceptors (Lipinski definition) is 5. The number of nitrogens with one attached hydrogen (secondary N) is 2. The molecule has 1 aromatic rings. The molecule has 0 aliphatic carbocycles. The van der Waals surface area contributed by atoms with E-state index in [1.807, 2.05) is 13.2 Å². The molecular formula is C20H35IN6O. The molecule has 1 aromatic heterocycles. The average molecular weight is 502 g/mol. The molecule has 3 heterocycles. The van der Waals surface area contributed by atoms with E-state index in [2.05, 4.69) is 49.5 Å². The van der Waals surface area contributed by atoms with Crippen LogP contribution in [0.5, 0.6) is 0 Å². The molecule has 1 atom stereocenters. The lowest BCUT2D eigenvalue weighted by Gasteiger charge is -2.32. The van der Waals surface area contributed by atoms with Crippen LogP contribution in [0.3, 0.4) is 0 Å². The minimum Gasteiger partial charge on any atom is -0.375 e. The van der Waals surface area contributed by atoms with Crippen LogP contribution in [0.2, 0.25) is 0 Å². The third kappa shape index (κ3) is 7.36. The normalized spacial score (nSPS) is 21.1. The van der Waals surface area contributed by atoms with Crippen LogP contribution in [0.15, 0.2) is 23.3 Å². The Balaban J connectivity index is 0.00000280. The van der Waals surface area contributed by atoms with Gasteiger partial charge in [-0.3, -0.25) is 4.99 Å². The molecule has 2 aliphatic rings. The van der Waals surface area contributed by atoms with E-state index in [1.165, 1.54) is 32.4 Å². The highest BCUT2D eigenvalue weighted by Gasteiger charge is 2.17. The lowest BCUT2D eigenvalue weighted by molar-refractivity contribution is 0.0529. The van der Waals surface area contributed by atoms with E-state index in [0.717, 1.165) is 56.7 Å². The number of rotatable bonds is 6. The van der Waals surface area contributed by atoms with Crippen molar-refractivity contribution in [2.24, 2.45) is 4.99 Å². The fraction of sp³-hybridized carbons (Fsp3) is 0.700. The number of halogens is 1. The number of guanidine groups is 1. The first-order valence-electron chi connectivity index (χ1n) is 10.2. The number of anilines is 1. The van der Waals surface area contributed by atoms with Crippen molar-refractivity contribution >= 4 is 35.8 Å². The van der Waals surface area contributed by atoms with E-state index in [0.29, 0.717) is 0 Å². The zero-order valence-electron chi connectivity index (χ0n) is 17.2. The third-order valence-corrected chi connectivity index (χ3v) is 5.23. The first-order chi connectivity index (χ1) is 13.2. The number of aromatic nitrogens is 1. The number of aliphatic imine (C=N–C) groups is 1. The maximum absolute atomic E-state index is 5.60. The second kappa shape index (κ2) is 12.4. The maximum atomic E-state index is 5.60. The first kappa shape index (κ1) is 23.2. The summed E-state index contributed by atoms with van der Waals surface area (Å²) in [7, 11) is 1.82. The second-order valence-electron chi connectivity index (χ2n) is 7.41. The van der Waals surface area contributed by atoms with Crippen molar-refractivity contribution in [3.05, 3.63) is 23.9 Å². The molecule has 0 saturated carbocycles. The van der Waals surface area contributed by atoms with Crippen LogP contribution < -0.4 is 15.5 Å². The average Bonchev–Trinajstić information content (AvgIpc) is 2.72. The zero-order valence-corrected chi connectivity index (χ0v) is 19.5. The van der Waals surface area contributed by atoms with Gasteiger partial charge in [0.25, 0.3) is 0 Å². The molecule has 2 fully saturated rings. The summed E-state index contributed by atoms with van der Waals surface area (Å²) in [5, 5.41) is 6.79. The summed E-state index contributed by atoms with van der Waals surface area (Å²) in [6, 6.07) is 4.23. The number of likely N-dealkylation sites (tertiary alicyclic amines) is 1. The number of nitrogens with zero attached hydrogens (tertiary/aromatic N) is 4. The van der Waals surface area contributed by atoms with Gasteiger partial charge in [-0.2, -0.15) is 0 Å². The monoisotopic (exact) mass is 502 g/mol. The van der Waals surface area contributed by atoms with Crippen LogP contribution in [0.4, 0.5) is 5.82 Å². The summed E-state index contributed by atoms with van der Waals surface area (Å²) in [6.45, 7) is 9.86. The topological polar surface area (TPSA) is 65.0 Å². The predicted molar refractivity (Wildman–Crippen MR) is 126 cm³/mol. The minimum absolute atomic E-state index is 0. The van der Waals surface area contributed by atoms with Gasteiger partial charge in [-0.15, -0.1) is 24.0 Å². The van der Waals surface area contributed by atoms with Gasteiger partial charge in [0.05, 0.1) is 12.7 Å². The van der Waals surface area contributed by atoms with Crippen LogP contribution in [-0.2, 0) is 11.3 Å². The van der Waals surface area contributed by atoms with Crippen LogP contribution in [0, 0.1) is 0 Å². The zero-order chi connectivity index (χ0) is 18.9. The standard InChI is InChI=1S/C20H34N6O.HI/c1-17-16-26(12-13-27-17)19-7-6-18(14-23-19)15-24-20(21-2)22-8-11-25-9-4-3-5-10-25;/h6-7,14,17H,3-5,8-13,15-16H2,1-2H3,(H2,21,22,24);1H. The highest BCUT2D eigenvalue weighted by Crippen LogP contribution is 2.15. The number of morpholine rings is 1. The van der Waals surface area contributed by atoms with Crippen molar-refractivity contribution < 1.29 is 4.74 Å². The minimum atomic E-state index is 0. The highest BCUT2D eigenvalue weighted by atomic mass is 127. The van der Waals surface area contributed by atoms with E-state index >= 15 is 0 Å². The van der Waals surface area contributed by atoms with Crippen LogP contribution in [-0.4, -0.2) is 74.9 Å². The molecule has 2 N–H and O–H groups in total. The third-order valence-electron chi connectivity index (χ3n) is 5.23. The molecule has 2 aliphatic heterocycles. The molecule has 8 heteroatoms. The molecule has 7 nitrogen and oxygen atoms in total. The molecule has 0 radical (unpaired) electrons. The largest absolute Gasteiger partial charge is 0.375 e. The fourth-order valence-corrected chi connectivity index (χ4v) is 3.66. The quantitative estimate of drug-likeness (QED) is 0.353. The van der Waals surface area contributed by atoms with Crippen molar-refractivity contribution in [2.75, 3.05) is 57.8 Å². The Morgan fingerprint density at radius 2 is 2.04 bits per heavy atom. The molecule has 0 aromatic carbocycles. The molecule has 158 valence electrons. The molecule has 1 unspecified atom stereocenters. The van der Waals surface area contributed by atoms with E-state index in [1.54, 1.807) is 0 Å². The van der Waals surface area contributed by atoms with Gasteiger partial charge < -0.3 is 25.2 Å². The van der Waals surface area contributed by atoms with Gasteiger partial charge in [0.1, 0.15) is 5.82 Å². The summed E-state index contributed by atoms with van der Waals surface area (Å²) in [5.74, 6) is 1.87. The number of hydrogen-bond donors (Lipinski definition) is 2. The summed E-state index contributed by atoms with van der Waals surface area (Å²) < 4.78 is 5.60. The molecule has 0 amide bonds. The van der Waals surface area contributed by atoms with Crippen molar-refractivity contribution in [3.8, 4) is 0 Å². The van der Waals surface area contributed by atoms with E-state index < -0.39 is 0 Å². The lowest BCUT2D eigenvalue weighted by atomic mass is 10.1. The molecule has 0 bridgehead atoms. The number of pyridine rings is 1. The van der Waals surface area contributed by atoms with Gasteiger partial charge in [0.2, 0.25) is 0 Å². The van der Waals surface area contributed by atoms with Crippen LogP contribution in [0.1, 0.15) is 31.7 Å². The Morgan fingerprint density at radius 3 is 2.71 bits per heavy atom. The molecule has 2 saturated heterocycles. The summed E-state index contributed by atoms with van der Waals surface area (Å²) in [4.78, 5) is 13.8. The van der Waals surface area contributed by atoms with Crippen LogP contribution in [0.25, 0.3) is 0 Å². The van der Waals surface area contributed by atoms with Crippen molar-refractivity contribution in [1.82, 2.24) is 20.5 Å². The predicted octanol–water partition coefficient (Wildman–Crippen LogP) is 2.08. The Morgan fingerprint density at radius 1 is 1.21 bits per heavy atom. The maximum Gasteiger partial charge on any atom is 0.191 e. The Kier molecular flexibility index (Phi) is 10.3. The lowest BCUT2D eigenvalue weighted by Crippen LogP contribution is -2.42. The van der Waals surface area contributed by atoms with Gasteiger partial charge in [-0.05, 0) is 44.5 Å². The van der Waals surface area contributed by atoms with Crippen molar-refractivity contribution in [3.63, 3.8) is 0 Å². The van der Waals surface area contributed by atoms with Crippen molar-refractivity contribution in [2.45, 2.75) is 38.8 Å². The Labute approximate surface area is 186 Å². The Hall–Kier alpha value is -1.13. The van der Waals surface area contributed by atoms with Gasteiger partial charge in [0, 0.05) is 46.0 Å². The molecule has 3 rings (SSSR count). The van der Waals surface area contributed by atoms with Crippen LogP contribution >= 0.6 is 24.0 Å². The smallest absolute Gasteiger partial charge is 0.191 e. The van der Waals surface area contributed by atoms with E-state index in [9.17, 15) is 0 Å². The molecule has 28 heavy (non-hydrogen) atoms. The summed E-state index contributed by atoms with van der Waals surface area (Å²) >= 11 is 0. The number of piperidine rings is 1. The highest BCUT2D eigenvalue weighted by molar-refractivity contribution is 14.0. The Bertz CT molecular complexity index is 591. The van der Waals surface area contributed by atoms with E-state index in [-0.39, 0.29) is 30.1 Å². The first-order valence-corrected chi connectivity index (χ1v) is 10.2. The van der Waals surface area contributed by atoms with Gasteiger partial charge >= 0.3 is 0 Å². The second-order valence-corrected chi connectivity index (χ2v) is 7.41. The fourth-order valence-electron chi connectivity index (χ4n) is 3.66.